The summed E-state index contributed by atoms with van der Waals surface area (Å²) in [5.74, 6) is 5.06. The van der Waals surface area contributed by atoms with Crippen LogP contribution in [0.2, 0.25) is 0 Å². The summed E-state index contributed by atoms with van der Waals surface area (Å²) in [5, 5.41) is 3.52. The van der Waals surface area contributed by atoms with Crippen molar-refractivity contribution in [3.63, 3.8) is 0 Å². The first-order valence-electron chi connectivity index (χ1n) is 9.72. The lowest BCUT2D eigenvalue weighted by Gasteiger charge is -2.26. The maximum absolute atomic E-state index is 13.3. The van der Waals surface area contributed by atoms with E-state index in [0.717, 1.165) is 31.4 Å². The number of nitrogens with zero attached hydrogens (tertiary/aromatic N) is 2. The number of H-pyrrole nitrogens is 1. The number of aromatic nitrogens is 2. The van der Waals surface area contributed by atoms with Gasteiger partial charge >= 0.3 is 6.18 Å². The Morgan fingerprint density at radius 1 is 1.19 bits per heavy atom. The fourth-order valence-corrected chi connectivity index (χ4v) is 3.52. The number of alkyl halides is 3. The van der Waals surface area contributed by atoms with Gasteiger partial charge < -0.3 is 10.3 Å². The second-order valence-electron chi connectivity index (χ2n) is 7.53. The number of fused-ring (bicyclic) bond motifs is 1. The number of carbonyl (C=O) groups excluding carboxylic acids is 2. The van der Waals surface area contributed by atoms with Crippen molar-refractivity contribution < 1.29 is 22.8 Å². The number of halogens is 3. The molecule has 2 amide bonds. The molecular weight excluding hydrogens is 411 g/mol. The minimum Gasteiger partial charge on any atom is -0.349 e. The van der Waals surface area contributed by atoms with Gasteiger partial charge in [0.2, 0.25) is 0 Å². The number of hydrazine groups is 1. The van der Waals surface area contributed by atoms with E-state index in [1.807, 2.05) is 0 Å². The molecule has 4 N–H and O–H groups in total. The third-order valence-electron chi connectivity index (χ3n) is 5.33. The molecule has 7 nitrogen and oxygen atoms in total. The summed E-state index contributed by atoms with van der Waals surface area (Å²) in [6.07, 6.45) is -1.93. The zero-order valence-corrected chi connectivity index (χ0v) is 16.6. The predicted molar refractivity (Wildman–Crippen MR) is 108 cm³/mol. The molecule has 0 saturated heterocycles. The van der Waals surface area contributed by atoms with Crippen LogP contribution in [0.5, 0.6) is 0 Å². The number of aromatic amines is 1. The number of hydrogen-bond donors (Lipinski definition) is 3. The van der Waals surface area contributed by atoms with E-state index in [4.69, 9.17) is 5.84 Å². The quantitative estimate of drug-likeness (QED) is 0.333. The van der Waals surface area contributed by atoms with Gasteiger partial charge in [-0.25, -0.2) is 15.8 Å². The number of hydrogen-bond acceptors (Lipinski definition) is 4. The van der Waals surface area contributed by atoms with Gasteiger partial charge in [-0.3, -0.25) is 9.59 Å². The molecule has 1 saturated carbocycles. The molecule has 1 heterocycles. The average Bonchev–Trinajstić information content (AvgIpc) is 3.08. The number of nitrogens with one attached hydrogen (secondary N) is 2. The smallest absolute Gasteiger partial charge is 0.349 e. The second kappa shape index (κ2) is 7.69. The molecule has 31 heavy (non-hydrogen) atoms. The van der Waals surface area contributed by atoms with Crippen LogP contribution in [0.15, 0.2) is 36.4 Å². The number of anilines is 1. The molecule has 1 fully saturated rings. The molecular formula is C21H20F3N5O2. The van der Waals surface area contributed by atoms with E-state index in [2.05, 4.69) is 15.3 Å². The van der Waals surface area contributed by atoms with Gasteiger partial charge in [0.05, 0.1) is 27.9 Å². The highest BCUT2D eigenvalue weighted by molar-refractivity contribution is 6.10. The van der Waals surface area contributed by atoms with Gasteiger partial charge in [-0.1, -0.05) is 12.1 Å². The SMILES string of the molecule is Cc1nc2c(C(=O)NC3CCC3)cc(N(N)C(=O)c3ccccc3C(F)(F)F)cc2[nH]1. The van der Waals surface area contributed by atoms with Crippen LogP contribution in [0.4, 0.5) is 18.9 Å². The molecule has 3 aromatic rings. The molecule has 0 unspecified atom stereocenters. The Kier molecular flexibility index (Phi) is 5.18. The first-order chi connectivity index (χ1) is 14.6. The van der Waals surface area contributed by atoms with E-state index in [9.17, 15) is 22.8 Å². The lowest BCUT2D eigenvalue weighted by molar-refractivity contribution is -0.137. The minimum absolute atomic E-state index is 0.0666. The summed E-state index contributed by atoms with van der Waals surface area (Å²) in [6.45, 7) is 1.71. The third kappa shape index (κ3) is 3.98. The highest BCUT2D eigenvalue weighted by atomic mass is 19.4. The van der Waals surface area contributed by atoms with Crippen molar-refractivity contribution >= 4 is 28.5 Å². The van der Waals surface area contributed by atoms with E-state index in [-0.39, 0.29) is 23.2 Å². The van der Waals surface area contributed by atoms with Gasteiger partial charge in [0.25, 0.3) is 11.8 Å². The van der Waals surface area contributed by atoms with Crippen molar-refractivity contribution in [2.45, 2.75) is 38.4 Å². The number of amides is 2. The van der Waals surface area contributed by atoms with Gasteiger partial charge in [-0.2, -0.15) is 13.2 Å². The fraction of sp³-hybridized carbons (Fsp3) is 0.286. The molecule has 2 aromatic carbocycles. The topological polar surface area (TPSA) is 104 Å². The van der Waals surface area contributed by atoms with E-state index in [0.29, 0.717) is 21.9 Å². The Bertz CT molecular complexity index is 1170. The van der Waals surface area contributed by atoms with Crippen molar-refractivity contribution in [1.82, 2.24) is 15.3 Å². The summed E-state index contributed by atoms with van der Waals surface area (Å²) in [6, 6.07) is 7.32. The van der Waals surface area contributed by atoms with Crippen LogP contribution in [0.25, 0.3) is 11.0 Å². The van der Waals surface area contributed by atoms with Gasteiger partial charge in [-0.05, 0) is 50.5 Å². The summed E-state index contributed by atoms with van der Waals surface area (Å²) in [7, 11) is 0. The Hall–Kier alpha value is -3.40. The molecule has 1 aliphatic carbocycles. The van der Waals surface area contributed by atoms with Crippen molar-refractivity contribution in [1.29, 1.82) is 0 Å². The first-order valence-corrected chi connectivity index (χ1v) is 9.72. The number of benzene rings is 2. The summed E-state index contributed by atoms with van der Waals surface area (Å²) in [5.41, 5.74) is -0.570. The van der Waals surface area contributed by atoms with Crippen LogP contribution in [-0.2, 0) is 6.18 Å². The van der Waals surface area contributed by atoms with Crippen LogP contribution in [0, 0.1) is 6.92 Å². The number of rotatable bonds is 4. The van der Waals surface area contributed by atoms with E-state index >= 15 is 0 Å². The van der Waals surface area contributed by atoms with Crippen molar-refractivity contribution in [3.8, 4) is 0 Å². The maximum atomic E-state index is 13.3. The van der Waals surface area contributed by atoms with Crippen molar-refractivity contribution in [2.24, 2.45) is 5.84 Å². The molecule has 0 spiro atoms. The van der Waals surface area contributed by atoms with E-state index in [1.165, 1.54) is 24.3 Å². The molecule has 0 radical (unpaired) electrons. The largest absolute Gasteiger partial charge is 0.417 e. The second-order valence-corrected chi connectivity index (χ2v) is 7.53. The van der Waals surface area contributed by atoms with Crippen LogP contribution in [-0.4, -0.2) is 27.8 Å². The molecule has 0 aliphatic heterocycles. The van der Waals surface area contributed by atoms with Gasteiger partial charge in [-0.15, -0.1) is 0 Å². The monoisotopic (exact) mass is 431 g/mol. The average molecular weight is 431 g/mol. The van der Waals surface area contributed by atoms with Crippen molar-refractivity contribution in [2.75, 3.05) is 5.01 Å². The molecule has 1 aliphatic rings. The molecule has 4 rings (SSSR count). The van der Waals surface area contributed by atoms with Gasteiger partial charge in [0.15, 0.2) is 0 Å². The Morgan fingerprint density at radius 2 is 1.90 bits per heavy atom. The lowest BCUT2D eigenvalue weighted by atomic mass is 9.93. The van der Waals surface area contributed by atoms with E-state index < -0.39 is 23.2 Å². The zero-order chi connectivity index (χ0) is 22.3. The first kappa shape index (κ1) is 20.9. The maximum Gasteiger partial charge on any atom is 0.417 e. The Morgan fingerprint density at radius 3 is 2.55 bits per heavy atom. The summed E-state index contributed by atoms with van der Waals surface area (Å²) in [4.78, 5) is 33.0. The standard InChI is InChI=1S/C21H20F3N5O2/c1-11-26-17-10-13(9-15(18(17)27-11)19(30)28-12-5-4-6-12)29(25)20(31)14-7-2-3-8-16(14)21(22,23)24/h2-3,7-10,12H,4-6,25H2,1H3,(H,26,27)(H,28,30). The number of aryl methyl sites for hydroxylation is 1. The van der Waals surface area contributed by atoms with Crippen molar-refractivity contribution in [3.05, 3.63) is 58.9 Å². The molecule has 1 aromatic heterocycles. The van der Waals surface area contributed by atoms with Crippen LogP contribution in [0.1, 0.15) is 51.4 Å². The summed E-state index contributed by atoms with van der Waals surface area (Å²) < 4.78 is 40.0. The Balaban J connectivity index is 1.74. The Labute approximate surface area is 175 Å². The lowest BCUT2D eigenvalue weighted by Crippen LogP contribution is -2.40. The van der Waals surface area contributed by atoms with Crippen LogP contribution < -0.4 is 16.2 Å². The zero-order valence-electron chi connectivity index (χ0n) is 16.6. The number of imidazole rings is 1. The number of carbonyl (C=O) groups is 2. The molecule has 10 heteroatoms. The van der Waals surface area contributed by atoms with Crippen LogP contribution >= 0.6 is 0 Å². The number of nitrogens with two attached hydrogens (primary N) is 1. The van der Waals surface area contributed by atoms with Gasteiger partial charge in [0.1, 0.15) is 11.3 Å². The molecule has 0 atom stereocenters. The predicted octanol–water partition coefficient (Wildman–Crippen LogP) is 3.69. The minimum atomic E-state index is -4.72. The van der Waals surface area contributed by atoms with Crippen LogP contribution in [0.3, 0.4) is 0 Å². The summed E-state index contributed by atoms with van der Waals surface area (Å²) >= 11 is 0. The van der Waals surface area contributed by atoms with E-state index in [1.54, 1.807) is 6.92 Å². The molecule has 0 bridgehead atoms. The fourth-order valence-electron chi connectivity index (χ4n) is 3.52. The highest BCUT2D eigenvalue weighted by Crippen LogP contribution is 2.33. The normalized spacial score (nSPS) is 14.4. The van der Waals surface area contributed by atoms with Gasteiger partial charge in [0, 0.05) is 6.04 Å². The third-order valence-corrected chi connectivity index (χ3v) is 5.33. The highest BCUT2D eigenvalue weighted by Gasteiger charge is 2.36. The molecule has 162 valence electrons.